The highest BCUT2D eigenvalue weighted by Gasteiger charge is 2.33. The summed E-state index contributed by atoms with van der Waals surface area (Å²) in [5.74, 6) is 0. The maximum absolute atomic E-state index is 5.45. The minimum absolute atomic E-state index is 0.179. The van der Waals surface area contributed by atoms with Crippen LogP contribution in [0, 0.1) is 5.41 Å². The quantitative estimate of drug-likeness (QED) is 0.776. The third kappa shape index (κ3) is 5.34. The molecule has 1 fully saturated rings. The molecule has 0 bridgehead atoms. The molecule has 1 saturated heterocycles. The Labute approximate surface area is 126 Å². The van der Waals surface area contributed by atoms with Crippen LogP contribution in [0.4, 0.5) is 0 Å². The van der Waals surface area contributed by atoms with E-state index in [1.165, 1.54) is 38.8 Å². The fourth-order valence-electron chi connectivity index (χ4n) is 3.23. The molecule has 1 heterocycles. The Morgan fingerprint density at radius 3 is 2.10 bits per heavy atom. The van der Waals surface area contributed by atoms with E-state index in [1.54, 1.807) is 0 Å². The van der Waals surface area contributed by atoms with Crippen molar-refractivity contribution in [2.75, 3.05) is 33.4 Å². The van der Waals surface area contributed by atoms with E-state index in [4.69, 9.17) is 4.74 Å². The number of ether oxygens (including phenoxy) is 1. The van der Waals surface area contributed by atoms with E-state index in [2.05, 4.69) is 44.8 Å². The topological polar surface area (TPSA) is 24.5 Å². The summed E-state index contributed by atoms with van der Waals surface area (Å²) in [7, 11) is 1.82. The van der Waals surface area contributed by atoms with Gasteiger partial charge in [0.15, 0.2) is 0 Å². The minimum Gasteiger partial charge on any atom is -0.383 e. The van der Waals surface area contributed by atoms with Crippen molar-refractivity contribution in [3.05, 3.63) is 0 Å². The van der Waals surface area contributed by atoms with Gasteiger partial charge in [0.05, 0.1) is 6.61 Å². The Bertz CT molecular complexity index is 259. The molecule has 3 nitrogen and oxygen atoms in total. The van der Waals surface area contributed by atoms with E-state index in [1.807, 2.05) is 7.11 Å². The highest BCUT2D eigenvalue weighted by molar-refractivity contribution is 4.88. The average Bonchev–Trinajstić information content (AvgIpc) is 2.43. The van der Waals surface area contributed by atoms with Crippen LogP contribution in [0.25, 0.3) is 0 Å². The van der Waals surface area contributed by atoms with E-state index in [0.717, 1.165) is 13.2 Å². The molecule has 0 aromatic carbocycles. The van der Waals surface area contributed by atoms with Gasteiger partial charge in [-0.3, -0.25) is 4.90 Å². The summed E-state index contributed by atoms with van der Waals surface area (Å²) in [4.78, 5) is 2.63. The highest BCUT2D eigenvalue weighted by atomic mass is 16.5. The van der Waals surface area contributed by atoms with Crippen LogP contribution in [0.3, 0.4) is 0 Å². The summed E-state index contributed by atoms with van der Waals surface area (Å²) in [5.41, 5.74) is 0.782. The maximum Gasteiger partial charge on any atom is 0.0630 e. The summed E-state index contributed by atoms with van der Waals surface area (Å²) >= 11 is 0. The van der Waals surface area contributed by atoms with Gasteiger partial charge in [-0.1, -0.05) is 26.7 Å². The van der Waals surface area contributed by atoms with Crippen molar-refractivity contribution < 1.29 is 4.74 Å². The van der Waals surface area contributed by atoms with Crippen molar-refractivity contribution in [1.29, 1.82) is 0 Å². The molecule has 1 aliphatic rings. The third-order valence-corrected chi connectivity index (χ3v) is 5.10. The largest absolute Gasteiger partial charge is 0.383 e. The second-order valence-electron chi connectivity index (χ2n) is 7.48. The van der Waals surface area contributed by atoms with Gasteiger partial charge in [0.2, 0.25) is 0 Å². The molecule has 20 heavy (non-hydrogen) atoms. The van der Waals surface area contributed by atoms with Crippen LogP contribution >= 0.6 is 0 Å². The normalized spacial score (nSPS) is 21.9. The summed E-state index contributed by atoms with van der Waals surface area (Å²) in [5, 5.41) is 3.63. The van der Waals surface area contributed by atoms with Crippen LogP contribution < -0.4 is 5.32 Å². The van der Waals surface area contributed by atoms with Gasteiger partial charge in [-0.2, -0.15) is 0 Å². The molecule has 1 N–H and O–H groups in total. The molecule has 1 rings (SSSR count). The second kappa shape index (κ2) is 7.77. The van der Waals surface area contributed by atoms with E-state index >= 15 is 0 Å². The zero-order chi connectivity index (χ0) is 15.2. The fourth-order valence-corrected chi connectivity index (χ4v) is 3.23. The number of piperidine rings is 1. The Kier molecular flexibility index (Phi) is 6.96. The standard InChI is InChI=1S/C17H36N2O/c1-7-17(8-2)9-11-19(12-10-17)15(14-20-6)13-18-16(3,4)5/h15,18H,7-14H2,1-6H3. The van der Waals surface area contributed by atoms with Gasteiger partial charge >= 0.3 is 0 Å². The van der Waals surface area contributed by atoms with Gasteiger partial charge < -0.3 is 10.1 Å². The van der Waals surface area contributed by atoms with Crippen LogP contribution in [-0.4, -0.2) is 49.8 Å². The molecule has 0 amide bonds. The maximum atomic E-state index is 5.45. The average molecular weight is 284 g/mol. The molecular formula is C17H36N2O. The molecule has 3 heteroatoms. The van der Waals surface area contributed by atoms with Gasteiger partial charge in [-0.05, 0) is 52.1 Å². The Hall–Kier alpha value is -0.120. The van der Waals surface area contributed by atoms with Gasteiger partial charge in [0.1, 0.15) is 0 Å². The number of hydrogen-bond acceptors (Lipinski definition) is 3. The molecule has 0 aromatic rings. The van der Waals surface area contributed by atoms with Crippen LogP contribution in [0.1, 0.15) is 60.3 Å². The van der Waals surface area contributed by atoms with Crippen LogP contribution in [-0.2, 0) is 4.74 Å². The lowest BCUT2D eigenvalue weighted by molar-refractivity contribution is 0.0299. The van der Waals surface area contributed by atoms with Gasteiger partial charge in [0.25, 0.3) is 0 Å². The van der Waals surface area contributed by atoms with Gasteiger partial charge in [-0.25, -0.2) is 0 Å². The summed E-state index contributed by atoms with van der Waals surface area (Å²) in [6.07, 6.45) is 5.34. The van der Waals surface area contributed by atoms with Crippen molar-refractivity contribution in [3.63, 3.8) is 0 Å². The molecule has 1 atom stereocenters. The predicted octanol–water partition coefficient (Wildman–Crippen LogP) is 3.29. The van der Waals surface area contributed by atoms with Crippen molar-refractivity contribution in [3.8, 4) is 0 Å². The van der Waals surface area contributed by atoms with Crippen LogP contribution in [0.5, 0.6) is 0 Å². The molecule has 1 unspecified atom stereocenters. The lowest BCUT2D eigenvalue weighted by atomic mass is 9.74. The third-order valence-electron chi connectivity index (χ3n) is 5.10. The zero-order valence-electron chi connectivity index (χ0n) is 14.6. The highest BCUT2D eigenvalue weighted by Crippen LogP contribution is 2.38. The first-order valence-electron chi connectivity index (χ1n) is 8.34. The monoisotopic (exact) mass is 284 g/mol. The number of rotatable bonds is 7. The molecule has 0 aromatic heterocycles. The number of nitrogens with zero attached hydrogens (tertiary/aromatic N) is 1. The molecule has 0 aliphatic carbocycles. The fraction of sp³-hybridized carbons (Fsp3) is 1.00. The summed E-state index contributed by atoms with van der Waals surface area (Å²) in [6, 6.07) is 0.505. The van der Waals surface area contributed by atoms with E-state index < -0.39 is 0 Å². The molecule has 1 aliphatic heterocycles. The molecule has 0 radical (unpaired) electrons. The zero-order valence-corrected chi connectivity index (χ0v) is 14.6. The molecule has 0 saturated carbocycles. The smallest absolute Gasteiger partial charge is 0.0630 e. The second-order valence-corrected chi connectivity index (χ2v) is 7.48. The van der Waals surface area contributed by atoms with Crippen molar-refractivity contribution in [2.45, 2.75) is 71.9 Å². The number of methoxy groups -OCH3 is 1. The molecular weight excluding hydrogens is 248 g/mol. The Morgan fingerprint density at radius 1 is 1.15 bits per heavy atom. The summed E-state index contributed by atoms with van der Waals surface area (Å²) < 4.78 is 5.45. The number of likely N-dealkylation sites (tertiary alicyclic amines) is 1. The Morgan fingerprint density at radius 2 is 1.70 bits per heavy atom. The molecule has 120 valence electrons. The van der Waals surface area contributed by atoms with E-state index in [0.29, 0.717) is 11.5 Å². The lowest BCUT2D eigenvalue weighted by Crippen LogP contribution is -2.53. The number of hydrogen-bond donors (Lipinski definition) is 1. The predicted molar refractivity (Wildman–Crippen MR) is 87.2 cm³/mol. The minimum atomic E-state index is 0.179. The first kappa shape index (κ1) is 17.9. The van der Waals surface area contributed by atoms with Crippen molar-refractivity contribution in [2.24, 2.45) is 5.41 Å². The van der Waals surface area contributed by atoms with E-state index in [-0.39, 0.29) is 5.54 Å². The first-order chi connectivity index (χ1) is 9.36. The lowest BCUT2D eigenvalue weighted by Gasteiger charge is -2.44. The van der Waals surface area contributed by atoms with Crippen molar-refractivity contribution in [1.82, 2.24) is 10.2 Å². The van der Waals surface area contributed by atoms with Crippen LogP contribution in [0.15, 0.2) is 0 Å². The number of nitrogens with one attached hydrogen (secondary N) is 1. The van der Waals surface area contributed by atoms with Crippen molar-refractivity contribution >= 4 is 0 Å². The van der Waals surface area contributed by atoms with Crippen LogP contribution in [0.2, 0.25) is 0 Å². The summed E-state index contributed by atoms with van der Waals surface area (Å²) in [6.45, 7) is 15.7. The van der Waals surface area contributed by atoms with Gasteiger partial charge in [-0.15, -0.1) is 0 Å². The molecule has 0 spiro atoms. The van der Waals surface area contributed by atoms with Gasteiger partial charge in [0, 0.05) is 25.2 Å². The first-order valence-corrected chi connectivity index (χ1v) is 8.34. The SMILES string of the molecule is CCC1(CC)CCN(C(CNC(C)(C)C)COC)CC1. The Balaban J connectivity index is 2.53. The van der Waals surface area contributed by atoms with E-state index in [9.17, 15) is 0 Å².